The van der Waals surface area contributed by atoms with Crippen LogP contribution in [0.1, 0.15) is 38.3 Å². The fourth-order valence-corrected chi connectivity index (χ4v) is 4.07. The van der Waals surface area contributed by atoms with E-state index in [4.69, 9.17) is 46.9 Å². The number of halogens is 2. The maximum absolute atomic E-state index is 13.2. The molecule has 1 amide bonds. The van der Waals surface area contributed by atoms with Crippen molar-refractivity contribution in [2.24, 2.45) is 0 Å². The normalized spacial score (nSPS) is 12.9. The van der Waals surface area contributed by atoms with Crippen molar-refractivity contribution in [1.29, 1.82) is 0 Å². The molecule has 0 saturated heterocycles. The average Bonchev–Trinajstić information content (AvgIpc) is 2.82. The third-order valence-corrected chi connectivity index (χ3v) is 6.32. The van der Waals surface area contributed by atoms with E-state index in [0.717, 1.165) is 11.1 Å². The maximum atomic E-state index is 13.2. The van der Waals surface area contributed by atoms with Gasteiger partial charge < -0.3 is 23.7 Å². The molecule has 2 rings (SSSR count). The molecule has 36 heavy (non-hydrogen) atoms. The fraction of sp³-hybridized carbons (Fsp3) is 0.444. The van der Waals surface area contributed by atoms with Crippen LogP contribution >= 0.6 is 23.2 Å². The van der Waals surface area contributed by atoms with E-state index in [-0.39, 0.29) is 13.2 Å². The van der Waals surface area contributed by atoms with Crippen molar-refractivity contribution in [3.63, 3.8) is 0 Å². The second-order valence-corrected chi connectivity index (χ2v) is 10.0. The number of nitrogens with zero attached hydrogens (tertiary/aromatic N) is 1. The van der Waals surface area contributed by atoms with Gasteiger partial charge in [-0.05, 0) is 62.6 Å². The molecule has 0 heterocycles. The van der Waals surface area contributed by atoms with Crippen molar-refractivity contribution >= 4 is 29.3 Å². The van der Waals surface area contributed by atoms with Gasteiger partial charge in [0.05, 0.1) is 50.1 Å². The monoisotopic (exact) mass is 539 g/mol. The molecule has 0 fully saturated rings. The Labute approximate surface area is 223 Å². The van der Waals surface area contributed by atoms with Crippen LogP contribution in [0, 0.1) is 0 Å². The van der Waals surface area contributed by atoms with Gasteiger partial charge in [-0.25, -0.2) is 4.79 Å². The number of carbonyl (C=O) groups is 1. The number of ether oxygens (including phenoxy) is 5. The van der Waals surface area contributed by atoms with E-state index in [0.29, 0.717) is 33.7 Å². The maximum Gasteiger partial charge on any atom is 0.410 e. The van der Waals surface area contributed by atoms with Crippen LogP contribution in [0.2, 0.25) is 10.0 Å². The number of amides is 1. The number of rotatable bonds is 11. The molecule has 1 atom stereocenters. The molecule has 0 aliphatic rings. The minimum atomic E-state index is -0.973. The van der Waals surface area contributed by atoms with Crippen molar-refractivity contribution in [1.82, 2.24) is 4.90 Å². The molecular weight excluding hydrogens is 505 g/mol. The van der Waals surface area contributed by atoms with E-state index >= 15 is 0 Å². The molecule has 0 aliphatic carbocycles. The fourth-order valence-electron chi connectivity index (χ4n) is 3.77. The summed E-state index contributed by atoms with van der Waals surface area (Å²) in [6.07, 6.45) is 1.59. The lowest BCUT2D eigenvalue weighted by molar-refractivity contribution is -0.0299. The van der Waals surface area contributed by atoms with Crippen LogP contribution in [0.4, 0.5) is 4.79 Å². The second kappa shape index (κ2) is 12.6. The summed E-state index contributed by atoms with van der Waals surface area (Å²) in [6, 6.07) is 8.87. The summed E-state index contributed by atoms with van der Waals surface area (Å²) < 4.78 is 28.2. The minimum Gasteiger partial charge on any atom is -0.493 e. The van der Waals surface area contributed by atoms with Gasteiger partial charge in [0.2, 0.25) is 5.75 Å². The molecule has 2 aromatic carbocycles. The highest BCUT2D eigenvalue weighted by atomic mass is 35.5. The van der Waals surface area contributed by atoms with Crippen molar-refractivity contribution in [3.8, 4) is 17.2 Å². The van der Waals surface area contributed by atoms with Crippen LogP contribution in [0.15, 0.2) is 43.0 Å². The first kappa shape index (κ1) is 29.6. The molecule has 9 heteroatoms. The first-order chi connectivity index (χ1) is 16.9. The molecular formula is C27H35Cl2NO6. The van der Waals surface area contributed by atoms with Crippen molar-refractivity contribution in [2.75, 3.05) is 35.0 Å². The first-order valence-electron chi connectivity index (χ1n) is 11.3. The highest BCUT2D eigenvalue weighted by molar-refractivity contribution is 6.42. The Bertz CT molecular complexity index is 1040. The van der Waals surface area contributed by atoms with Crippen LogP contribution in [-0.2, 0) is 21.6 Å². The number of hydrogen-bond donors (Lipinski definition) is 0. The Morgan fingerprint density at radius 3 is 2.08 bits per heavy atom. The number of benzene rings is 2. The third kappa shape index (κ3) is 6.99. The molecule has 0 aromatic heterocycles. The van der Waals surface area contributed by atoms with Crippen LogP contribution in [-0.4, -0.2) is 51.6 Å². The highest BCUT2D eigenvalue weighted by Crippen LogP contribution is 2.40. The molecule has 0 N–H and O–H groups in total. The number of carbonyl (C=O) groups excluding carboxylic acids is 1. The van der Waals surface area contributed by atoms with Crippen molar-refractivity contribution in [3.05, 3.63) is 64.2 Å². The lowest BCUT2D eigenvalue weighted by atomic mass is 9.85. The number of likely N-dealkylation sites (N-methyl/N-ethyl adjacent to an activating group) is 1. The lowest BCUT2D eigenvalue weighted by Gasteiger charge is -2.42. The summed E-state index contributed by atoms with van der Waals surface area (Å²) in [5, 5.41) is 0.774. The van der Waals surface area contributed by atoms with Crippen LogP contribution < -0.4 is 14.2 Å². The summed E-state index contributed by atoms with van der Waals surface area (Å²) in [7, 11) is 6.32. The Balaban J connectivity index is 2.46. The van der Waals surface area contributed by atoms with E-state index in [1.165, 1.54) is 4.90 Å². The van der Waals surface area contributed by atoms with Gasteiger partial charge in [-0.2, -0.15) is 0 Å². The SMILES string of the molecule is C=CC[C@@](COCc1cc(OC)c(OC)c(OC)c1)(c1ccc(Cl)c(Cl)c1)N(C)C(=O)OC(C)(C)C. The van der Waals surface area contributed by atoms with E-state index in [1.54, 1.807) is 46.6 Å². The molecule has 0 saturated carbocycles. The summed E-state index contributed by atoms with van der Waals surface area (Å²) in [5.74, 6) is 1.52. The summed E-state index contributed by atoms with van der Waals surface area (Å²) >= 11 is 12.5. The Kier molecular flexibility index (Phi) is 10.3. The predicted molar refractivity (Wildman–Crippen MR) is 143 cm³/mol. The van der Waals surface area contributed by atoms with Gasteiger partial charge in [0.15, 0.2) is 11.5 Å². The van der Waals surface area contributed by atoms with Crippen LogP contribution in [0.3, 0.4) is 0 Å². The highest BCUT2D eigenvalue weighted by Gasteiger charge is 2.41. The van der Waals surface area contributed by atoms with Gasteiger partial charge in [0, 0.05) is 7.05 Å². The third-order valence-electron chi connectivity index (χ3n) is 5.58. The zero-order chi connectivity index (χ0) is 27.1. The molecule has 7 nitrogen and oxygen atoms in total. The van der Waals surface area contributed by atoms with E-state index < -0.39 is 17.2 Å². The van der Waals surface area contributed by atoms with Crippen molar-refractivity contribution < 1.29 is 28.5 Å². The van der Waals surface area contributed by atoms with Gasteiger partial charge >= 0.3 is 6.09 Å². The first-order valence-corrected chi connectivity index (χ1v) is 12.1. The van der Waals surface area contributed by atoms with Crippen molar-refractivity contribution in [2.45, 2.75) is 44.9 Å². The quantitative estimate of drug-likeness (QED) is 0.290. The lowest BCUT2D eigenvalue weighted by Crippen LogP contribution is -2.51. The summed E-state index contributed by atoms with van der Waals surface area (Å²) in [6.45, 7) is 9.68. The number of methoxy groups -OCH3 is 3. The van der Waals surface area contributed by atoms with Crippen LogP contribution in [0.25, 0.3) is 0 Å². The molecule has 0 spiro atoms. The molecule has 0 aliphatic heterocycles. The van der Waals surface area contributed by atoms with E-state index in [2.05, 4.69) is 6.58 Å². The summed E-state index contributed by atoms with van der Waals surface area (Å²) in [4.78, 5) is 14.7. The zero-order valence-corrected chi connectivity index (χ0v) is 23.5. The smallest absolute Gasteiger partial charge is 0.410 e. The van der Waals surface area contributed by atoms with Gasteiger partial charge in [0.1, 0.15) is 5.60 Å². The largest absolute Gasteiger partial charge is 0.493 e. The van der Waals surface area contributed by atoms with E-state index in [1.807, 2.05) is 39.0 Å². The Hall–Kier alpha value is -2.61. The topological polar surface area (TPSA) is 66.5 Å². The standard InChI is InChI=1S/C27H35Cl2NO6/c1-9-12-27(19-10-11-20(28)21(29)15-19,30(5)25(31)36-26(2,3)4)17-35-16-18-13-22(32-6)24(34-8)23(14-18)33-7/h9-11,13-15H,1,12,16-17H2,2-8H3/t27-/m1/s1. The molecule has 0 bridgehead atoms. The Morgan fingerprint density at radius 2 is 1.61 bits per heavy atom. The predicted octanol–water partition coefficient (Wildman–Crippen LogP) is 6.87. The summed E-state index contributed by atoms with van der Waals surface area (Å²) in [5.41, 5.74) is -0.125. The average molecular weight is 540 g/mol. The van der Waals surface area contributed by atoms with Gasteiger partial charge in [-0.15, -0.1) is 6.58 Å². The van der Waals surface area contributed by atoms with Gasteiger partial charge in [-0.3, -0.25) is 4.90 Å². The Morgan fingerprint density at radius 1 is 1.00 bits per heavy atom. The molecule has 2 aromatic rings. The van der Waals surface area contributed by atoms with Crippen LogP contribution in [0.5, 0.6) is 17.2 Å². The van der Waals surface area contributed by atoms with E-state index in [9.17, 15) is 4.79 Å². The second-order valence-electron chi connectivity index (χ2n) is 9.22. The zero-order valence-electron chi connectivity index (χ0n) is 21.9. The number of hydrogen-bond acceptors (Lipinski definition) is 6. The molecule has 198 valence electrons. The molecule has 0 radical (unpaired) electrons. The van der Waals surface area contributed by atoms with Gasteiger partial charge in [0.25, 0.3) is 0 Å². The minimum absolute atomic E-state index is 0.114. The van der Waals surface area contributed by atoms with Gasteiger partial charge in [-0.1, -0.05) is 35.3 Å². The molecule has 0 unspecified atom stereocenters.